The van der Waals surface area contributed by atoms with Crippen molar-refractivity contribution >= 4 is 28.6 Å². The summed E-state index contributed by atoms with van der Waals surface area (Å²) in [7, 11) is 0. The fraction of sp³-hybridized carbons (Fsp3) is 0.150. The molecule has 0 unspecified atom stereocenters. The van der Waals surface area contributed by atoms with Gasteiger partial charge in [-0.05, 0) is 42.8 Å². The van der Waals surface area contributed by atoms with Gasteiger partial charge in [-0.15, -0.1) is 0 Å². The number of rotatable bonds is 7. The molecule has 7 heteroatoms. The van der Waals surface area contributed by atoms with Crippen molar-refractivity contribution in [2.24, 2.45) is 5.73 Å². The van der Waals surface area contributed by atoms with E-state index in [-0.39, 0.29) is 6.61 Å². The Kier molecular flexibility index (Phi) is 5.38. The third-order valence-electron chi connectivity index (χ3n) is 3.71. The zero-order chi connectivity index (χ0) is 19.2. The molecule has 0 saturated carbocycles. The van der Waals surface area contributed by atoms with Crippen molar-refractivity contribution in [2.45, 2.75) is 6.92 Å². The molecule has 0 bridgehead atoms. The zero-order valence-corrected chi connectivity index (χ0v) is 14.7. The van der Waals surface area contributed by atoms with Gasteiger partial charge in [0.25, 0.3) is 5.91 Å². The summed E-state index contributed by atoms with van der Waals surface area (Å²) in [6, 6.07) is 14.9. The van der Waals surface area contributed by atoms with Crippen molar-refractivity contribution in [1.29, 1.82) is 5.26 Å². The van der Waals surface area contributed by atoms with E-state index in [1.165, 1.54) is 0 Å². The van der Waals surface area contributed by atoms with Crippen molar-refractivity contribution in [3.63, 3.8) is 0 Å². The Hall–Kier alpha value is -3.79. The van der Waals surface area contributed by atoms with Crippen LogP contribution in [-0.4, -0.2) is 29.1 Å². The number of carbonyl (C=O) groups excluding carboxylic acids is 1. The van der Waals surface area contributed by atoms with Gasteiger partial charge in [0, 0.05) is 0 Å². The largest absolute Gasteiger partial charge is 0.490 e. The maximum absolute atomic E-state index is 10.9. The average molecular weight is 362 g/mol. The molecule has 1 aromatic heterocycles. The molecule has 7 nitrogen and oxygen atoms in total. The summed E-state index contributed by atoms with van der Waals surface area (Å²) in [4.78, 5) is 18.5. The molecule has 2 aromatic carbocycles. The van der Waals surface area contributed by atoms with Crippen LogP contribution in [0.15, 0.2) is 42.5 Å². The monoisotopic (exact) mass is 362 g/mol. The second-order valence-electron chi connectivity index (χ2n) is 5.67. The molecule has 1 amide bonds. The number of amides is 1. The van der Waals surface area contributed by atoms with Gasteiger partial charge in [-0.3, -0.25) is 4.79 Å². The Morgan fingerprint density at radius 1 is 1.26 bits per heavy atom. The highest BCUT2D eigenvalue weighted by atomic mass is 16.5. The number of nitriles is 1. The van der Waals surface area contributed by atoms with Gasteiger partial charge in [0.15, 0.2) is 18.1 Å². The van der Waals surface area contributed by atoms with Crippen LogP contribution < -0.4 is 15.2 Å². The molecule has 0 aliphatic rings. The number of H-pyrrole nitrogens is 1. The molecule has 3 N–H and O–H groups in total. The molecule has 0 aliphatic heterocycles. The highest BCUT2D eigenvalue weighted by molar-refractivity contribution is 5.90. The molecular weight excluding hydrogens is 344 g/mol. The SMILES string of the molecule is CCOc1cc(C=C(C#N)c2nc3ccccc3[nH]2)ccc1OCC(N)=O. The van der Waals surface area contributed by atoms with E-state index < -0.39 is 5.91 Å². The number of aromatic amines is 1. The number of ether oxygens (including phenoxy) is 2. The van der Waals surface area contributed by atoms with Gasteiger partial charge in [0.2, 0.25) is 0 Å². The van der Waals surface area contributed by atoms with Crippen molar-refractivity contribution in [3.05, 3.63) is 53.9 Å². The van der Waals surface area contributed by atoms with Crippen LogP contribution in [0, 0.1) is 11.3 Å². The average Bonchev–Trinajstić information content (AvgIpc) is 3.09. The van der Waals surface area contributed by atoms with Crippen LogP contribution in [0.4, 0.5) is 0 Å². The van der Waals surface area contributed by atoms with E-state index in [4.69, 9.17) is 15.2 Å². The Morgan fingerprint density at radius 3 is 2.78 bits per heavy atom. The third-order valence-corrected chi connectivity index (χ3v) is 3.71. The minimum absolute atomic E-state index is 0.238. The highest BCUT2D eigenvalue weighted by Crippen LogP contribution is 2.30. The predicted octanol–water partition coefficient (Wildman–Crippen LogP) is 2.89. The van der Waals surface area contributed by atoms with Crippen LogP contribution in [0.1, 0.15) is 18.3 Å². The number of nitrogens with one attached hydrogen (secondary N) is 1. The van der Waals surface area contributed by atoms with E-state index in [0.29, 0.717) is 29.5 Å². The van der Waals surface area contributed by atoms with E-state index in [2.05, 4.69) is 16.0 Å². The van der Waals surface area contributed by atoms with Gasteiger partial charge in [-0.25, -0.2) is 4.98 Å². The number of fused-ring (bicyclic) bond motifs is 1. The topological polar surface area (TPSA) is 114 Å². The fourth-order valence-electron chi connectivity index (χ4n) is 2.55. The Bertz CT molecular complexity index is 1010. The first-order valence-electron chi connectivity index (χ1n) is 8.35. The number of nitrogens with zero attached hydrogens (tertiary/aromatic N) is 2. The number of primary amides is 1. The summed E-state index contributed by atoms with van der Waals surface area (Å²) >= 11 is 0. The maximum Gasteiger partial charge on any atom is 0.255 e. The molecule has 0 saturated heterocycles. The number of benzene rings is 2. The Balaban J connectivity index is 1.94. The van der Waals surface area contributed by atoms with Crippen molar-refractivity contribution in [3.8, 4) is 17.6 Å². The predicted molar refractivity (Wildman–Crippen MR) is 102 cm³/mol. The molecule has 1 heterocycles. The quantitative estimate of drug-likeness (QED) is 0.627. The number of aromatic nitrogens is 2. The first-order valence-corrected chi connectivity index (χ1v) is 8.35. The van der Waals surface area contributed by atoms with E-state index >= 15 is 0 Å². The standard InChI is InChI=1S/C20H18N4O3/c1-2-26-18-10-13(7-8-17(18)27-12-19(22)25)9-14(11-21)20-23-15-5-3-4-6-16(15)24-20/h3-10H,2,12H2,1H3,(H2,22,25)(H,23,24). The first kappa shape index (κ1) is 18.0. The van der Waals surface area contributed by atoms with Gasteiger partial charge in [0.05, 0.1) is 23.2 Å². The van der Waals surface area contributed by atoms with Crippen LogP contribution >= 0.6 is 0 Å². The van der Waals surface area contributed by atoms with E-state index in [1.807, 2.05) is 31.2 Å². The minimum atomic E-state index is -0.571. The summed E-state index contributed by atoms with van der Waals surface area (Å²) in [5.74, 6) is 0.799. The number of imidazole rings is 1. The lowest BCUT2D eigenvalue weighted by atomic mass is 10.1. The number of para-hydroxylation sites is 2. The lowest BCUT2D eigenvalue weighted by Crippen LogP contribution is -2.20. The number of hydrogen-bond acceptors (Lipinski definition) is 5. The zero-order valence-electron chi connectivity index (χ0n) is 14.7. The van der Waals surface area contributed by atoms with Crippen molar-refractivity contribution in [1.82, 2.24) is 9.97 Å². The van der Waals surface area contributed by atoms with Gasteiger partial charge < -0.3 is 20.2 Å². The van der Waals surface area contributed by atoms with Crippen LogP contribution in [-0.2, 0) is 4.79 Å². The molecule has 0 fully saturated rings. The van der Waals surface area contributed by atoms with Gasteiger partial charge in [-0.1, -0.05) is 18.2 Å². The fourth-order valence-corrected chi connectivity index (χ4v) is 2.55. The van der Waals surface area contributed by atoms with Crippen LogP contribution in [0.5, 0.6) is 11.5 Å². The van der Waals surface area contributed by atoms with Crippen LogP contribution in [0.25, 0.3) is 22.7 Å². The maximum atomic E-state index is 10.9. The highest BCUT2D eigenvalue weighted by Gasteiger charge is 2.10. The van der Waals surface area contributed by atoms with Gasteiger partial charge in [0.1, 0.15) is 11.9 Å². The van der Waals surface area contributed by atoms with E-state index in [9.17, 15) is 10.1 Å². The summed E-state index contributed by atoms with van der Waals surface area (Å²) in [6.07, 6.45) is 1.71. The van der Waals surface area contributed by atoms with Gasteiger partial charge >= 0.3 is 0 Å². The number of carbonyl (C=O) groups is 1. The smallest absolute Gasteiger partial charge is 0.255 e. The molecule has 0 spiro atoms. The number of nitrogens with two attached hydrogens (primary N) is 1. The molecule has 136 valence electrons. The lowest BCUT2D eigenvalue weighted by molar-refractivity contribution is -0.119. The molecule has 3 rings (SSSR count). The number of allylic oxidation sites excluding steroid dienone is 1. The number of hydrogen-bond donors (Lipinski definition) is 2. The molecule has 0 radical (unpaired) electrons. The summed E-state index contributed by atoms with van der Waals surface area (Å²) in [6.45, 7) is 2.03. The molecule has 0 aliphatic carbocycles. The van der Waals surface area contributed by atoms with E-state index in [0.717, 1.165) is 16.6 Å². The summed E-state index contributed by atoms with van der Waals surface area (Å²) < 4.78 is 10.9. The van der Waals surface area contributed by atoms with Crippen LogP contribution in [0.3, 0.4) is 0 Å². The third kappa shape index (κ3) is 4.25. The minimum Gasteiger partial charge on any atom is -0.490 e. The Labute approximate surface area is 156 Å². The first-order chi connectivity index (χ1) is 13.1. The molecule has 3 aromatic rings. The van der Waals surface area contributed by atoms with Crippen molar-refractivity contribution in [2.75, 3.05) is 13.2 Å². The Morgan fingerprint density at radius 2 is 2.07 bits per heavy atom. The van der Waals surface area contributed by atoms with Gasteiger partial charge in [-0.2, -0.15) is 5.26 Å². The summed E-state index contributed by atoms with van der Waals surface area (Å²) in [5.41, 5.74) is 7.89. The lowest BCUT2D eigenvalue weighted by Gasteiger charge is -2.11. The second-order valence-corrected chi connectivity index (χ2v) is 5.67. The van der Waals surface area contributed by atoms with Crippen molar-refractivity contribution < 1.29 is 14.3 Å². The molecule has 0 atom stereocenters. The summed E-state index contributed by atoms with van der Waals surface area (Å²) in [5, 5.41) is 9.55. The second kappa shape index (κ2) is 8.06. The van der Waals surface area contributed by atoms with Crippen LogP contribution in [0.2, 0.25) is 0 Å². The molecule has 27 heavy (non-hydrogen) atoms. The molecular formula is C20H18N4O3. The van der Waals surface area contributed by atoms with E-state index in [1.54, 1.807) is 24.3 Å². The normalized spacial score (nSPS) is 11.2.